The van der Waals surface area contributed by atoms with Gasteiger partial charge in [0.25, 0.3) is 0 Å². The minimum Gasteiger partial charge on any atom is -0.492 e. The predicted octanol–water partition coefficient (Wildman–Crippen LogP) is 3.77. The van der Waals surface area contributed by atoms with Crippen LogP contribution in [0.5, 0.6) is 5.75 Å². The fourth-order valence-corrected chi connectivity index (χ4v) is 4.13. The highest BCUT2D eigenvalue weighted by Crippen LogP contribution is 2.37. The normalized spacial score (nSPS) is 25.3. The Kier molecular flexibility index (Phi) is 7.05. The van der Waals surface area contributed by atoms with Crippen LogP contribution in [0.15, 0.2) is 18.2 Å². The molecule has 1 heterocycles. The van der Waals surface area contributed by atoms with E-state index in [4.69, 9.17) is 33.7 Å². The monoisotopic (exact) mass is 392 g/mol. The molecule has 1 aliphatic carbocycles. The topological polar surface area (TPSA) is 55.6 Å². The van der Waals surface area contributed by atoms with Gasteiger partial charge in [0.2, 0.25) is 5.91 Å². The molecular weight excluding hydrogens is 371 g/mol. The van der Waals surface area contributed by atoms with Crippen molar-refractivity contribution in [1.82, 2.24) is 4.90 Å². The van der Waals surface area contributed by atoms with Gasteiger partial charge >= 0.3 is 0 Å². The fraction of sp³-hybridized carbons (Fsp3) is 0.588. The van der Waals surface area contributed by atoms with Crippen molar-refractivity contribution in [3.05, 3.63) is 28.2 Å². The van der Waals surface area contributed by atoms with Crippen molar-refractivity contribution in [2.45, 2.75) is 31.7 Å². The van der Waals surface area contributed by atoms with Crippen LogP contribution in [0, 0.1) is 11.8 Å². The van der Waals surface area contributed by atoms with Crippen LogP contribution in [0.2, 0.25) is 10.0 Å². The SMILES string of the molecule is Cl.NC1CCC2CN(C(=O)CCCOc3ccc(Cl)cc3Cl)CC12. The Hall–Kier alpha value is -0.680. The van der Waals surface area contributed by atoms with Gasteiger partial charge in [0, 0.05) is 30.6 Å². The lowest BCUT2D eigenvalue weighted by molar-refractivity contribution is -0.130. The number of hydrogen-bond donors (Lipinski definition) is 1. The summed E-state index contributed by atoms with van der Waals surface area (Å²) in [6.45, 7) is 2.17. The summed E-state index contributed by atoms with van der Waals surface area (Å²) in [6.07, 6.45) is 3.44. The molecule has 3 atom stereocenters. The number of benzene rings is 1. The van der Waals surface area contributed by atoms with Crippen molar-refractivity contribution < 1.29 is 9.53 Å². The zero-order chi connectivity index (χ0) is 16.4. The first kappa shape index (κ1) is 19.6. The molecule has 1 amide bonds. The molecule has 7 heteroatoms. The molecule has 2 fully saturated rings. The Labute approximate surface area is 159 Å². The van der Waals surface area contributed by atoms with Crippen molar-refractivity contribution in [3.63, 3.8) is 0 Å². The molecule has 0 spiro atoms. The molecule has 1 aromatic carbocycles. The van der Waals surface area contributed by atoms with Gasteiger partial charge in [-0.2, -0.15) is 0 Å². The molecule has 1 aliphatic heterocycles. The molecule has 1 saturated carbocycles. The molecule has 24 heavy (non-hydrogen) atoms. The van der Waals surface area contributed by atoms with E-state index in [2.05, 4.69) is 0 Å². The number of likely N-dealkylation sites (tertiary alicyclic amines) is 1. The van der Waals surface area contributed by atoms with E-state index in [9.17, 15) is 4.79 Å². The first-order chi connectivity index (χ1) is 11.0. The Morgan fingerprint density at radius 3 is 2.79 bits per heavy atom. The summed E-state index contributed by atoms with van der Waals surface area (Å²) in [7, 11) is 0. The summed E-state index contributed by atoms with van der Waals surface area (Å²) < 4.78 is 5.62. The third-order valence-corrected chi connectivity index (χ3v) is 5.48. The van der Waals surface area contributed by atoms with Gasteiger partial charge in [0.15, 0.2) is 0 Å². The van der Waals surface area contributed by atoms with E-state index in [-0.39, 0.29) is 24.4 Å². The molecule has 3 rings (SSSR count). The number of nitrogens with two attached hydrogens (primary N) is 1. The maximum atomic E-state index is 12.3. The summed E-state index contributed by atoms with van der Waals surface area (Å²) in [5.41, 5.74) is 6.11. The lowest BCUT2D eigenvalue weighted by Gasteiger charge is -2.18. The van der Waals surface area contributed by atoms with Gasteiger partial charge in [-0.3, -0.25) is 4.79 Å². The Balaban J connectivity index is 0.00000208. The number of hydrogen-bond acceptors (Lipinski definition) is 3. The molecule has 4 nitrogen and oxygen atoms in total. The van der Waals surface area contributed by atoms with Crippen molar-refractivity contribution in [2.24, 2.45) is 17.6 Å². The minimum atomic E-state index is 0. The summed E-state index contributed by atoms with van der Waals surface area (Å²) in [6, 6.07) is 5.40. The molecule has 134 valence electrons. The number of carbonyl (C=O) groups is 1. The highest BCUT2D eigenvalue weighted by molar-refractivity contribution is 6.35. The summed E-state index contributed by atoms with van der Waals surface area (Å²) in [5, 5.41) is 1.07. The van der Waals surface area contributed by atoms with Crippen molar-refractivity contribution >= 4 is 41.5 Å². The van der Waals surface area contributed by atoms with Crippen LogP contribution in [-0.2, 0) is 4.79 Å². The maximum absolute atomic E-state index is 12.3. The number of halogens is 3. The second-order valence-electron chi connectivity index (χ2n) is 6.49. The number of rotatable bonds is 5. The van der Waals surface area contributed by atoms with Crippen LogP contribution in [0.3, 0.4) is 0 Å². The molecular formula is C17H23Cl3N2O2. The van der Waals surface area contributed by atoms with Crippen LogP contribution in [-0.4, -0.2) is 36.5 Å². The largest absolute Gasteiger partial charge is 0.492 e. The van der Waals surface area contributed by atoms with Crippen molar-refractivity contribution in [3.8, 4) is 5.75 Å². The molecule has 0 aromatic heterocycles. The van der Waals surface area contributed by atoms with E-state index in [1.807, 2.05) is 4.90 Å². The lowest BCUT2D eigenvalue weighted by atomic mass is 9.98. The molecule has 3 unspecified atom stereocenters. The average molecular weight is 394 g/mol. The lowest BCUT2D eigenvalue weighted by Crippen LogP contribution is -2.33. The average Bonchev–Trinajstić information content (AvgIpc) is 3.08. The summed E-state index contributed by atoms with van der Waals surface area (Å²) >= 11 is 11.9. The molecule has 0 bridgehead atoms. The van der Waals surface area contributed by atoms with E-state index in [1.54, 1.807) is 18.2 Å². The molecule has 1 saturated heterocycles. The quantitative estimate of drug-likeness (QED) is 0.775. The zero-order valence-corrected chi connectivity index (χ0v) is 15.7. The van der Waals surface area contributed by atoms with E-state index < -0.39 is 0 Å². The third kappa shape index (κ3) is 4.48. The van der Waals surface area contributed by atoms with Crippen LogP contribution < -0.4 is 10.5 Å². The molecule has 2 aliphatic rings. The van der Waals surface area contributed by atoms with Gasteiger partial charge in [0.1, 0.15) is 5.75 Å². The number of nitrogens with zero attached hydrogens (tertiary/aromatic N) is 1. The number of amides is 1. The number of ether oxygens (including phenoxy) is 1. The summed E-state index contributed by atoms with van der Waals surface area (Å²) in [5.74, 6) is 1.92. The fourth-order valence-electron chi connectivity index (χ4n) is 3.67. The van der Waals surface area contributed by atoms with Gasteiger partial charge < -0.3 is 15.4 Å². The maximum Gasteiger partial charge on any atom is 0.222 e. The van der Waals surface area contributed by atoms with Crippen molar-refractivity contribution in [2.75, 3.05) is 19.7 Å². The van der Waals surface area contributed by atoms with E-state index >= 15 is 0 Å². The van der Waals surface area contributed by atoms with Gasteiger partial charge in [0.05, 0.1) is 11.6 Å². The molecule has 0 radical (unpaired) electrons. The number of carbonyl (C=O) groups excluding carboxylic acids is 1. The summed E-state index contributed by atoms with van der Waals surface area (Å²) in [4.78, 5) is 14.3. The molecule has 1 aromatic rings. The first-order valence-electron chi connectivity index (χ1n) is 8.16. The Morgan fingerprint density at radius 2 is 2.08 bits per heavy atom. The van der Waals surface area contributed by atoms with Gasteiger partial charge in [-0.15, -0.1) is 12.4 Å². The second kappa shape index (κ2) is 8.61. The predicted molar refractivity (Wildman–Crippen MR) is 99.2 cm³/mol. The number of fused-ring (bicyclic) bond motifs is 1. The minimum absolute atomic E-state index is 0. The van der Waals surface area contributed by atoms with Gasteiger partial charge in [-0.1, -0.05) is 23.2 Å². The van der Waals surface area contributed by atoms with Crippen LogP contribution >= 0.6 is 35.6 Å². The standard InChI is InChI=1S/C17H22Cl2N2O2.ClH/c18-12-4-6-16(14(19)8-12)23-7-1-2-17(22)21-9-11-3-5-15(20)13(11)10-21;/h4,6,8,11,13,15H,1-3,5,7,9-10,20H2;1H. The molecule has 2 N–H and O–H groups in total. The van der Waals surface area contributed by atoms with Gasteiger partial charge in [-0.05, 0) is 49.3 Å². The van der Waals surface area contributed by atoms with Crippen molar-refractivity contribution in [1.29, 1.82) is 0 Å². The van der Waals surface area contributed by atoms with Crippen LogP contribution in [0.25, 0.3) is 0 Å². The van der Waals surface area contributed by atoms with E-state index in [0.29, 0.717) is 47.1 Å². The van der Waals surface area contributed by atoms with Gasteiger partial charge in [-0.25, -0.2) is 0 Å². The van der Waals surface area contributed by atoms with Crippen LogP contribution in [0.1, 0.15) is 25.7 Å². The highest BCUT2D eigenvalue weighted by atomic mass is 35.5. The van der Waals surface area contributed by atoms with E-state index in [0.717, 1.165) is 25.9 Å². The smallest absolute Gasteiger partial charge is 0.222 e. The first-order valence-corrected chi connectivity index (χ1v) is 8.91. The third-order valence-electron chi connectivity index (χ3n) is 4.95. The highest BCUT2D eigenvalue weighted by Gasteiger charge is 2.42. The van der Waals surface area contributed by atoms with E-state index in [1.165, 1.54) is 0 Å². The Bertz CT molecular complexity index is 585. The van der Waals surface area contributed by atoms with Crippen LogP contribution in [0.4, 0.5) is 0 Å². The Morgan fingerprint density at radius 1 is 1.29 bits per heavy atom. The zero-order valence-electron chi connectivity index (χ0n) is 13.4. The second-order valence-corrected chi connectivity index (χ2v) is 7.33.